The minimum Gasteiger partial charge on any atom is -0.501 e. The van der Waals surface area contributed by atoms with Crippen LogP contribution in [0.3, 0.4) is 0 Å². The highest BCUT2D eigenvalue weighted by molar-refractivity contribution is 14.1. The molecule has 1 saturated carbocycles. The van der Waals surface area contributed by atoms with E-state index in [1.165, 1.54) is 17.8 Å². The highest BCUT2D eigenvalue weighted by Crippen LogP contribution is 2.41. The molecule has 0 radical (unpaired) electrons. The molecule has 32 heavy (non-hydrogen) atoms. The van der Waals surface area contributed by atoms with Crippen LogP contribution >= 0.6 is 34.4 Å². The number of phenolic OH excluding ortho intramolecular Hbond substituents is 1. The van der Waals surface area contributed by atoms with Gasteiger partial charge >= 0.3 is 5.69 Å². The lowest BCUT2D eigenvalue weighted by Gasteiger charge is -2.35. The molecule has 0 unspecified atom stereocenters. The SMILES string of the molecule is C[C@@H]1CCCC[C@@H]1N1C(=O)/C(=C/c2cc(I)c(O)c([N+](=O)[O-])c2)SC1=Nc1ccccc1. The van der Waals surface area contributed by atoms with Gasteiger partial charge in [-0.3, -0.25) is 19.8 Å². The summed E-state index contributed by atoms with van der Waals surface area (Å²) < 4.78 is 0.357. The summed E-state index contributed by atoms with van der Waals surface area (Å²) in [6.45, 7) is 2.18. The fourth-order valence-corrected chi connectivity index (χ4v) is 5.81. The van der Waals surface area contributed by atoms with Crippen LogP contribution in [0.4, 0.5) is 11.4 Å². The van der Waals surface area contributed by atoms with E-state index in [9.17, 15) is 20.0 Å². The molecule has 1 aliphatic heterocycles. The van der Waals surface area contributed by atoms with Crippen LogP contribution in [0.15, 0.2) is 52.4 Å². The van der Waals surface area contributed by atoms with E-state index in [1.54, 1.807) is 12.1 Å². The Morgan fingerprint density at radius 2 is 1.97 bits per heavy atom. The second kappa shape index (κ2) is 9.62. The van der Waals surface area contributed by atoms with E-state index in [-0.39, 0.29) is 23.4 Å². The number of carbonyl (C=O) groups is 1. The first-order valence-corrected chi connectivity index (χ1v) is 12.3. The van der Waals surface area contributed by atoms with Gasteiger partial charge in [0.25, 0.3) is 5.91 Å². The van der Waals surface area contributed by atoms with Gasteiger partial charge in [0.15, 0.2) is 5.17 Å². The van der Waals surface area contributed by atoms with Crippen molar-refractivity contribution in [2.24, 2.45) is 10.9 Å². The van der Waals surface area contributed by atoms with Crippen LogP contribution in [0, 0.1) is 19.6 Å². The molecule has 0 bridgehead atoms. The summed E-state index contributed by atoms with van der Waals surface area (Å²) in [5, 5.41) is 21.9. The molecule has 1 amide bonds. The molecule has 0 aromatic heterocycles. The Labute approximate surface area is 203 Å². The Bertz CT molecular complexity index is 1120. The number of carbonyl (C=O) groups excluding carboxylic acids is 1. The van der Waals surface area contributed by atoms with E-state index in [1.807, 2.05) is 57.8 Å². The largest absolute Gasteiger partial charge is 0.501 e. The number of nitro groups is 1. The van der Waals surface area contributed by atoms with Crippen molar-refractivity contribution in [2.45, 2.75) is 38.6 Å². The number of nitro benzene ring substituents is 1. The number of amidine groups is 1. The van der Waals surface area contributed by atoms with Crippen LogP contribution in [0.2, 0.25) is 0 Å². The topological polar surface area (TPSA) is 96.0 Å². The molecule has 2 aromatic carbocycles. The van der Waals surface area contributed by atoms with E-state index in [4.69, 9.17) is 4.99 Å². The number of amides is 1. The average Bonchev–Trinajstić information content (AvgIpc) is 3.06. The van der Waals surface area contributed by atoms with Crippen LogP contribution in [0.5, 0.6) is 5.75 Å². The molecule has 1 N–H and O–H groups in total. The van der Waals surface area contributed by atoms with Gasteiger partial charge in [-0.1, -0.05) is 38.0 Å². The van der Waals surface area contributed by atoms with Gasteiger partial charge in [-0.15, -0.1) is 0 Å². The van der Waals surface area contributed by atoms with Crippen molar-refractivity contribution in [1.29, 1.82) is 0 Å². The highest BCUT2D eigenvalue weighted by Gasteiger charge is 2.41. The third-order valence-electron chi connectivity index (χ3n) is 5.78. The highest BCUT2D eigenvalue weighted by atomic mass is 127. The molecule has 2 fully saturated rings. The molecular formula is C23H22IN3O4S. The molecule has 166 valence electrons. The van der Waals surface area contributed by atoms with Crippen LogP contribution in [-0.4, -0.2) is 32.0 Å². The normalized spacial score (nSPS) is 23.8. The van der Waals surface area contributed by atoms with E-state index in [0.29, 0.717) is 25.1 Å². The van der Waals surface area contributed by atoms with Crippen LogP contribution in [0.1, 0.15) is 38.2 Å². The first-order valence-electron chi connectivity index (χ1n) is 10.4. The standard InChI is InChI=1S/C23H22IN3O4S/c1-14-7-5-6-10-18(14)26-22(29)20(32-23(26)25-16-8-3-2-4-9-16)13-15-11-17(24)21(28)19(12-15)27(30)31/h2-4,8-9,11-14,18,28H,5-7,10H2,1H3/b20-13-,25-23?/t14-,18+/m1/s1. The Hall–Kier alpha value is -2.40. The maximum atomic E-state index is 13.5. The van der Waals surface area contributed by atoms with Crippen molar-refractivity contribution in [2.75, 3.05) is 0 Å². The molecule has 1 saturated heterocycles. The zero-order valence-electron chi connectivity index (χ0n) is 17.4. The van der Waals surface area contributed by atoms with E-state index >= 15 is 0 Å². The van der Waals surface area contributed by atoms with Gasteiger partial charge < -0.3 is 5.11 Å². The molecule has 7 nitrogen and oxygen atoms in total. The summed E-state index contributed by atoms with van der Waals surface area (Å²) in [6.07, 6.45) is 5.88. The quantitative estimate of drug-likeness (QED) is 0.210. The molecule has 4 rings (SSSR count). The number of halogens is 1. The second-order valence-electron chi connectivity index (χ2n) is 7.97. The third kappa shape index (κ3) is 4.68. The minimum absolute atomic E-state index is 0.0754. The Morgan fingerprint density at radius 1 is 1.25 bits per heavy atom. The van der Waals surface area contributed by atoms with Crippen molar-refractivity contribution in [3.05, 3.63) is 66.6 Å². The number of phenols is 1. The van der Waals surface area contributed by atoms with Crippen molar-refractivity contribution >= 4 is 62.9 Å². The number of aliphatic imine (C=N–C) groups is 1. The van der Waals surface area contributed by atoms with Crippen molar-refractivity contribution < 1.29 is 14.8 Å². The van der Waals surface area contributed by atoms with Crippen molar-refractivity contribution in [3.8, 4) is 5.75 Å². The van der Waals surface area contributed by atoms with E-state index < -0.39 is 4.92 Å². The van der Waals surface area contributed by atoms with Crippen molar-refractivity contribution in [1.82, 2.24) is 4.90 Å². The van der Waals surface area contributed by atoms with Gasteiger partial charge in [0.1, 0.15) is 0 Å². The number of aromatic hydroxyl groups is 1. The third-order valence-corrected chi connectivity index (χ3v) is 7.58. The number of thioether (sulfide) groups is 1. The first kappa shape index (κ1) is 22.8. The van der Waals surface area contributed by atoms with Crippen LogP contribution in [0.25, 0.3) is 6.08 Å². The second-order valence-corrected chi connectivity index (χ2v) is 10.1. The van der Waals surface area contributed by atoms with Gasteiger partial charge in [0.05, 0.1) is 19.1 Å². The maximum absolute atomic E-state index is 13.5. The Balaban J connectivity index is 1.75. The average molecular weight is 563 g/mol. The van der Waals surface area contributed by atoms with Crippen LogP contribution in [-0.2, 0) is 4.79 Å². The number of hydrogen-bond donors (Lipinski definition) is 1. The number of nitrogens with zero attached hydrogens (tertiary/aromatic N) is 3. The zero-order valence-corrected chi connectivity index (χ0v) is 20.4. The van der Waals surface area contributed by atoms with Gasteiger partial charge in [-0.25, -0.2) is 4.99 Å². The molecule has 1 heterocycles. The van der Waals surface area contributed by atoms with Gasteiger partial charge in [0.2, 0.25) is 5.75 Å². The molecule has 2 atom stereocenters. The molecule has 0 spiro atoms. The Kier molecular flexibility index (Phi) is 6.85. The summed E-state index contributed by atoms with van der Waals surface area (Å²) in [5.41, 5.74) is 0.884. The van der Waals surface area contributed by atoms with Crippen molar-refractivity contribution in [3.63, 3.8) is 0 Å². The lowest BCUT2D eigenvalue weighted by Crippen LogP contribution is -2.44. The predicted molar refractivity (Wildman–Crippen MR) is 135 cm³/mol. The monoisotopic (exact) mass is 563 g/mol. The molecule has 9 heteroatoms. The number of hydrogen-bond acceptors (Lipinski definition) is 6. The minimum atomic E-state index is -0.624. The number of para-hydroxylation sites is 1. The molecular weight excluding hydrogens is 541 g/mol. The molecule has 2 aromatic rings. The summed E-state index contributed by atoms with van der Waals surface area (Å²) >= 11 is 3.14. The fourth-order valence-electron chi connectivity index (χ4n) is 4.13. The smallest absolute Gasteiger partial charge is 0.312 e. The first-order chi connectivity index (χ1) is 15.3. The van der Waals surface area contributed by atoms with Gasteiger partial charge in [-0.2, -0.15) is 0 Å². The van der Waals surface area contributed by atoms with E-state index in [0.717, 1.165) is 31.4 Å². The number of benzene rings is 2. The van der Waals surface area contributed by atoms with Crippen LogP contribution < -0.4 is 0 Å². The summed E-state index contributed by atoms with van der Waals surface area (Å²) in [6, 6.07) is 12.5. The molecule has 2 aliphatic rings. The zero-order chi connectivity index (χ0) is 22.8. The number of rotatable bonds is 4. The van der Waals surface area contributed by atoms with E-state index in [2.05, 4.69) is 6.92 Å². The summed E-state index contributed by atoms with van der Waals surface area (Å²) in [5.74, 6) is -0.134. The summed E-state index contributed by atoms with van der Waals surface area (Å²) in [7, 11) is 0. The van der Waals surface area contributed by atoms with Gasteiger partial charge in [-0.05, 0) is 83.0 Å². The lowest BCUT2D eigenvalue weighted by molar-refractivity contribution is -0.386. The van der Waals surface area contributed by atoms with Gasteiger partial charge in [0, 0.05) is 12.1 Å². The predicted octanol–water partition coefficient (Wildman–Crippen LogP) is 6.09. The Morgan fingerprint density at radius 3 is 2.66 bits per heavy atom. The summed E-state index contributed by atoms with van der Waals surface area (Å²) in [4.78, 5) is 31.2. The fraction of sp³-hybridized carbons (Fsp3) is 0.304. The maximum Gasteiger partial charge on any atom is 0.312 e. The lowest BCUT2D eigenvalue weighted by atomic mass is 9.85. The molecule has 1 aliphatic carbocycles.